The molecule has 1 aliphatic heterocycles. The molecular weight excluding hydrogens is 396 g/mol. The van der Waals surface area contributed by atoms with Crippen LogP contribution in [0.4, 0.5) is 0 Å². The van der Waals surface area contributed by atoms with E-state index in [2.05, 4.69) is 57.3 Å². The summed E-state index contributed by atoms with van der Waals surface area (Å²) >= 11 is 1.44. The van der Waals surface area contributed by atoms with E-state index in [0.29, 0.717) is 11.5 Å². The number of nitrogens with zero attached hydrogens (tertiary/aromatic N) is 3. The van der Waals surface area contributed by atoms with Gasteiger partial charge in [-0.15, -0.1) is 11.3 Å². The van der Waals surface area contributed by atoms with Gasteiger partial charge in [0.2, 0.25) is 0 Å². The molecule has 154 valence electrons. The Kier molecular flexibility index (Phi) is 5.02. The first-order valence-electron chi connectivity index (χ1n) is 10.1. The number of aryl methyl sites for hydroxylation is 1. The number of nitrogens with one attached hydrogen (secondary N) is 1. The second-order valence-corrected chi connectivity index (χ2v) is 8.66. The fraction of sp³-hybridized carbons (Fsp3) is 0.304. The summed E-state index contributed by atoms with van der Waals surface area (Å²) in [6.07, 6.45) is 3.83. The van der Waals surface area contributed by atoms with Crippen LogP contribution in [0.2, 0.25) is 0 Å². The van der Waals surface area contributed by atoms with Crippen LogP contribution >= 0.6 is 11.3 Å². The van der Waals surface area contributed by atoms with E-state index in [1.54, 1.807) is 13.2 Å². The van der Waals surface area contributed by atoms with E-state index in [-0.39, 0.29) is 12.0 Å². The third kappa shape index (κ3) is 3.29. The number of carbonyl (C=O) groups excluding carboxylic acids is 1. The lowest BCUT2D eigenvalue weighted by Crippen LogP contribution is -2.38. The Balaban J connectivity index is 1.47. The highest BCUT2D eigenvalue weighted by Crippen LogP contribution is 2.37. The van der Waals surface area contributed by atoms with Crippen molar-refractivity contribution in [1.29, 1.82) is 0 Å². The number of fused-ring (bicyclic) bond motifs is 2. The first-order valence-corrected chi connectivity index (χ1v) is 10.9. The van der Waals surface area contributed by atoms with Crippen molar-refractivity contribution < 1.29 is 9.53 Å². The van der Waals surface area contributed by atoms with E-state index >= 15 is 0 Å². The molecule has 3 aromatic heterocycles. The fourth-order valence-electron chi connectivity index (χ4n) is 4.37. The van der Waals surface area contributed by atoms with Crippen molar-refractivity contribution >= 4 is 38.4 Å². The van der Waals surface area contributed by atoms with Crippen LogP contribution in [-0.4, -0.2) is 47.1 Å². The number of aromatic nitrogens is 2. The van der Waals surface area contributed by atoms with Gasteiger partial charge in [0, 0.05) is 68.0 Å². The lowest BCUT2D eigenvalue weighted by atomic mass is 10.0. The van der Waals surface area contributed by atoms with Crippen LogP contribution in [0.3, 0.4) is 0 Å². The van der Waals surface area contributed by atoms with Crippen molar-refractivity contribution in [1.82, 2.24) is 19.8 Å². The monoisotopic (exact) mass is 420 g/mol. The van der Waals surface area contributed by atoms with Crippen molar-refractivity contribution in [2.24, 2.45) is 7.05 Å². The number of pyridine rings is 1. The van der Waals surface area contributed by atoms with Crippen molar-refractivity contribution in [3.05, 3.63) is 64.8 Å². The summed E-state index contributed by atoms with van der Waals surface area (Å²) in [5.41, 5.74) is 3.52. The van der Waals surface area contributed by atoms with Crippen molar-refractivity contribution in [2.45, 2.75) is 12.6 Å². The van der Waals surface area contributed by atoms with E-state index in [0.717, 1.165) is 35.4 Å². The van der Waals surface area contributed by atoms with Crippen molar-refractivity contribution in [2.75, 3.05) is 26.7 Å². The SMILES string of the molecule is CNC(=O)c1sc2ncccc2c1[C@H]1CN(Cc2cn(C)c3ccccc23)CCO1. The number of rotatable bonds is 4. The summed E-state index contributed by atoms with van der Waals surface area (Å²) in [7, 11) is 3.76. The van der Waals surface area contributed by atoms with Crippen LogP contribution in [-0.2, 0) is 18.3 Å². The molecule has 0 aliphatic carbocycles. The number of morpholine rings is 1. The minimum Gasteiger partial charge on any atom is -0.371 e. The zero-order valence-corrected chi connectivity index (χ0v) is 17.9. The summed E-state index contributed by atoms with van der Waals surface area (Å²) in [6.45, 7) is 3.11. The first kappa shape index (κ1) is 19.2. The minimum absolute atomic E-state index is 0.0808. The van der Waals surface area contributed by atoms with E-state index in [1.165, 1.54) is 27.8 Å². The fourth-order valence-corrected chi connectivity index (χ4v) is 5.51. The summed E-state index contributed by atoms with van der Waals surface area (Å²) in [5, 5.41) is 5.07. The van der Waals surface area contributed by atoms with Gasteiger partial charge in [0.1, 0.15) is 9.71 Å². The van der Waals surface area contributed by atoms with Crippen LogP contribution < -0.4 is 5.32 Å². The molecule has 1 aliphatic rings. The van der Waals surface area contributed by atoms with Gasteiger partial charge in [-0.1, -0.05) is 24.3 Å². The van der Waals surface area contributed by atoms with Crippen LogP contribution in [0.1, 0.15) is 26.9 Å². The van der Waals surface area contributed by atoms with Gasteiger partial charge in [-0.25, -0.2) is 4.98 Å². The minimum atomic E-state index is -0.154. The van der Waals surface area contributed by atoms with Crippen LogP contribution in [0, 0.1) is 0 Å². The quantitative estimate of drug-likeness (QED) is 0.547. The second kappa shape index (κ2) is 7.83. The molecule has 4 aromatic rings. The highest BCUT2D eigenvalue weighted by atomic mass is 32.1. The Morgan fingerprint density at radius 1 is 1.27 bits per heavy atom. The summed E-state index contributed by atoms with van der Waals surface area (Å²) in [6, 6.07) is 12.5. The number of thiophene rings is 1. The number of amides is 1. The predicted octanol–water partition coefficient (Wildman–Crippen LogP) is 3.72. The van der Waals surface area contributed by atoms with Gasteiger partial charge < -0.3 is 14.6 Å². The maximum Gasteiger partial charge on any atom is 0.261 e. The largest absolute Gasteiger partial charge is 0.371 e. The smallest absolute Gasteiger partial charge is 0.261 e. The van der Waals surface area contributed by atoms with Crippen LogP contribution in [0.5, 0.6) is 0 Å². The molecule has 0 bridgehead atoms. The van der Waals surface area contributed by atoms with Gasteiger partial charge in [0.15, 0.2) is 0 Å². The number of para-hydroxylation sites is 1. The number of benzene rings is 1. The molecule has 30 heavy (non-hydrogen) atoms. The average Bonchev–Trinajstić information content (AvgIpc) is 3.32. The molecule has 1 amide bonds. The Hall–Kier alpha value is -2.74. The molecule has 4 heterocycles. The molecule has 1 aromatic carbocycles. The molecule has 0 unspecified atom stereocenters. The lowest BCUT2D eigenvalue weighted by molar-refractivity contribution is -0.0322. The predicted molar refractivity (Wildman–Crippen MR) is 120 cm³/mol. The molecule has 5 rings (SSSR count). The standard InChI is InChI=1S/C23H24N4O2S/c1-24-22(28)21-20(17-7-5-9-25-23(17)30-21)19-14-27(10-11-29-19)13-15-12-26(2)18-8-4-3-6-16(15)18/h3-9,12,19H,10-11,13-14H2,1-2H3,(H,24,28)/t19-/m1/s1. The van der Waals surface area contributed by atoms with Gasteiger partial charge >= 0.3 is 0 Å². The maximum absolute atomic E-state index is 12.6. The Bertz CT molecular complexity index is 1230. The van der Waals surface area contributed by atoms with Gasteiger partial charge in [0.05, 0.1) is 12.7 Å². The zero-order chi connectivity index (χ0) is 20.7. The summed E-state index contributed by atoms with van der Waals surface area (Å²) < 4.78 is 8.36. The third-order valence-corrected chi connectivity index (χ3v) is 6.91. The van der Waals surface area contributed by atoms with E-state index in [9.17, 15) is 4.79 Å². The molecule has 0 saturated carbocycles. The van der Waals surface area contributed by atoms with Crippen LogP contribution in [0.15, 0.2) is 48.8 Å². The topological polar surface area (TPSA) is 59.4 Å². The zero-order valence-electron chi connectivity index (χ0n) is 17.1. The lowest BCUT2D eigenvalue weighted by Gasteiger charge is -2.33. The summed E-state index contributed by atoms with van der Waals surface area (Å²) in [4.78, 5) is 21.0. The highest BCUT2D eigenvalue weighted by Gasteiger charge is 2.30. The van der Waals surface area contributed by atoms with E-state index < -0.39 is 0 Å². The highest BCUT2D eigenvalue weighted by molar-refractivity contribution is 7.20. The molecule has 1 atom stereocenters. The van der Waals surface area contributed by atoms with Crippen LogP contribution in [0.25, 0.3) is 21.1 Å². The normalized spacial score (nSPS) is 17.6. The molecule has 1 fully saturated rings. The van der Waals surface area contributed by atoms with E-state index in [1.807, 2.05) is 12.1 Å². The van der Waals surface area contributed by atoms with Gasteiger partial charge in [-0.05, 0) is 17.7 Å². The number of carbonyl (C=O) groups is 1. The molecule has 0 spiro atoms. The molecule has 1 saturated heterocycles. The van der Waals surface area contributed by atoms with Crippen molar-refractivity contribution in [3.63, 3.8) is 0 Å². The van der Waals surface area contributed by atoms with E-state index in [4.69, 9.17) is 4.74 Å². The number of hydrogen-bond donors (Lipinski definition) is 1. The number of hydrogen-bond acceptors (Lipinski definition) is 5. The molecule has 7 heteroatoms. The second-order valence-electron chi connectivity index (χ2n) is 7.66. The Morgan fingerprint density at radius 2 is 2.10 bits per heavy atom. The third-order valence-electron chi connectivity index (χ3n) is 5.78. The van der Waals surface area contributed by atoms with Gasteiger partial charge in [-0.3, -0.25) is 9.69 Å². The summed E-state index contributed by atoms with van der Waals surface area (Å²) in [5.74, 6) is -0.0808. The molecule has 1 N–H and O–H groups in total. The first-order chi connectivity index (χ1) is 14.7. The molecule has 6 nitrogen and oxygen atoms in total. The molecule has 0 radical (unpaired) electrons. The van der Waals surface area contributed by atoms with Gasteiger partial charge in [0.25, 0.3) is 5.91 Å². The number of ether oxygens (including phenoxy) is 1. The van der Waals surface area contributed by atoms with Crippen molar-refractivity contribution in [3.8, 4) is 0 Å². The molecular formula is C23H24N4O2S. The Labute approximate surface area is 179 Å². The Morgan fingerprint density at radius 3 is 2.97 bits per heavy atom. The van der Waals surface area contributed by atoms with Gasteiger partial charge in [-0.2, -0.15) is 0 Å². The maximum atomic E-state index is 12.6. The average molecular weight is 421 g/mol.